The van der Waals surface area contributed by atoms with Crippen molar-refractivity contribution in [1.82, 2.24) is 0 Å². The topological polar surface area (TPSA) is 98.5 Å². The number of carbonyl (C=O) groups is 2. The number of nitro benzene ring substituents is 1. The van der Waals surface area contributed by atoms with Crippen molar-refractivity contribution in [3.63, 3.8) is 0 Å². The highest BCUT2D eigenvalue weighted by molar-refractivity contribution is 6.32. The van der Waals surface area contributed by atoms with Gasteiger partial charge in [0, 0.05) is 17.8 Å². The maximum absolute atomic E-state index is 12.3. The maximum atomic E-state index is 12.3. The number of amides is 1. The van der Waals surface area contributed by atoms with E-state index in [2.05, 4.69) is 5.32 Å². The minimum atomic E-state index is -0.754. The van der Waals surface area contributed by atoms with Gasteiger partial charge in [-0.05, 0) is 41.3 Å². The first-order chi connectivity index (χ1) is 15.4. The van der Waals surface area contributed by atoms with Gasteiger partial charge in [0.2, 0.25) is 0 Å². The lowest BCUT2D eigenvalue weighted by Gasteiger charge is -2.11. The van der Waals surface area contributed by atoms with Gasteiger partial charge < -0.3 is 10.1 Å². The number of ether oxygens (including phenoxy) is 1. The second-order valence-electron chi connectivity index (χ2n) is 6.78. The molecule has 1 N–H and O–H groups in total. The van der Waals surface area contributed by atoms with Crippen molar-refractivity contribution in [2.45, 2.75) is 6.42 Å². The molecule has 3 rings (SSSR count). The number of rotatable bonds is 8. The van der Waals surface area contributed by atoms with Gasteiger partial charge in [0.1, 0.15) is 5.02 Å². The Hall–Kier alpha value is -3.97. The third-order valence-corrected chi connectivity index (χ3v) is 4.77. The predicted octanol–water partition coefficient (Wildman–Crippen LogP) is 5.03. The lowest BCUT2D eigenvalue weighted by Crippen LogP contribution is -2.20. The number of para-hydroxylation sites is 1. The zero-order chi connectivity index (χ0) is 22.9. The van der Waals surface area contributed by atoms with Crippen LogP contribution in [0.4, 0.5) is 11.4 Å². The number of nitro groups is 1. The van der Waals surface area contributed by atoms with Gasteiger partial charge in [0.25, 0.3) is 11.6 Å². The largest absolute Gasteiger partial charge is 0.452 e. The highest BCUT2D eigenvalue weighted by atomic mass is 35.5. The van der Waals surface area contributed by atoms with Gasteiger partial charge in [-0.1, -0.05) is 66.2 Å². The number of carbonyl (C=O) groups excluding carboxylic acids is 2. The van der Waals surface area contributed by atoms with Crippen LogP contribution in [0.15, 0.2) is 78.9 Å². The van der Waals surface area contributed by atoms with Crippen molar-refractivity contribution in [2.24, 2.45) is 0 Å². The molecule has 0 atom stereocenters. The molecule has 0 heterocycles. The predicted molar refractivity (Wildman–Crippen MR) is 122 cm³/mol. The molecule has 0 radical (unpaired) electrons. The summed E-state index contributed by atoms with van der Waals surface area (Å²) in [6, 6.07) is 21.4. The van der Waals surface area contributed by atoms with Gasteiger partial charge >= 0.3 is 5.97 Å². The molecule has 0 fully saturated rings. The van der Waals surface area contributed by atoms with E-state index >= 15 is 0 Å². The fraction of sp³-hybridized carbons (Fsp3) is 0.0833. The molecule has 0 aromatic heterocycles. The molecule has 0 bridgehead atoms. The minimum absolute atomic E-state index is 0.000979. The minimum Gasteiger partial charge on any atom is -0.452 e. The van der Waals surface area contributed by atoms with Crippen molar-refractivity contribution >= 4 is 40.9 Å². The van der Waals surface area contributed by atoms with Crippen LogP contribution in [0, 0.1) is 10.1 Å². The molecule has 8 heteroatoms. The van der Waals surface area contributed by atoms with E-state index in [1.54, 1.807) is 6.07 Å². The summed E-state index contributed by atoms with van der Waals surface area (Å²) in [5.74, 6) is -1.23. The van der Waals surface area contributed by atoms with E-state index in [0.717, 1.165) is 17.2 Å². The van der Waals surface area contributed by atoms with Crippen LogP contribution in [0.3, 0.4) is 0 Å². The summed E-state index contributed by atoms with van der Waals surface area (Å²) in [6.07, 6.45) is 3.08. The van der Waals surface area contributed by atoms with Crippen LogP contribution in [0.2, 0.25) is 5.02 Å². The Bertz CT molecular complexity index is 1160. The van der Waals surface area contributed by atoms with Gasteiger partial charge in [-0.2, -0.15) is 0 Å². The molecule has 7 nitrogen and oxygen atoms in total. The third-order valence-electron chi connectivity index (χ3n) is 4.45. The summed E-state index contributed by atoms with van der Waals surface area (Å²) in [6.45, 7) is -0.469. The lowest BCUT2D eigenvalue weighted by atomic mass is 10.0. The van der Waals surface area contributed by atoms with Gasteiger partial charge in [-0.3, -0.25) is 14.9 Å². The summed E-state index contributed by atoms with van der Waals surface area (Å²) in [5, 5.41) is 13.7. The van der Waals surface area contributed by atoms with E-state index in [-0.39, 0.29) is 10.7 Å². The second kappa shape index (κ2) is 10.9. The number of nitrogens with zero attached hydrogens (tertiary/aromatic N) is 1. The fourth-order valence-electron chi connectivity index (χ4n) is 2.92. The van der Waals surface area contributed by atoms with Gasteiger partial charge in [-0.25, -0.2) is 4.79 Å². The van der Waals surface area contributed by atoms with E-state index in [9.17, 15) is 19.7 Å². The van der Waals surface area contributed by atoms with E-state index in [1.165, 1.54) is 24.3 Å². The Morgan fingerprint density at radius 3 is 2.50 bits per heavy atom. The van der Waals surface area contributed by atoms with Crippen LogP contribution in [-0.4, -0.2) is 23.4 Å². The van der Waals surface area contributed by atoms with E-state index < -0.39 is 23.4 Å². The number of hydrogen-bond donors (Lipinski definition) is 1. The lowest BCUT2D eigenvalue weighted by molar-refractivity contribution is -0.384. The van der Waals surface area contributed by atoms with E-state index in [1.807, 2.05) is 48.5 Å². The van der Waals surface area contributed by atoms with Crippen LogP contribution < -0.4 is 5.32 Å². The molecule has 0 aliphatic heterocycles. The zero-order valence-corrected chi connectivity index (χ0v) is 17.6. The Kier molecular flexibility index (Phi) is 7.72. The number of halogens is 1. The number of hydrogen-bond acceptors (Lipinski definition) is 5. The monoisotopic (exact) mass is 450 g/mol. The smallest absolute Gasteiger partial charge is 0.331 e. The molecule has 1 amide bonds. The first-order valence-electron chi connectivity index (χ1n) is 9.63. The maximum Gasteiger partial charge on any atom is 0.331 e. The summed E-state index contributed by atoms with van der Waals surface area (Å²) in [4.78, 5) is 34.5. The van der Waals surface area contributed by atoms with Gasteiger partial charge in [0.05, 0.1) is 4.92 Å². The highest BCUT2D eigenvalue weighted by Crippen LogP contribution is 2.25. The highest BCUT2D eigenvalue weighted by Gasteiger charge is 2.12. The van der Waals surface area contributed by atoms with E-state index in [0.29, 0.717) is 17.7 Å². The van der Waals surface area contributed by atoms with Crippen LogP contribution in [0.1, 0.15) is 16.7 Å². The Labute approximate surface area is 189 Å². The number of nitrogens with one attached hydrogen (secondary N) is 1. The Balaban J connectivity index is 1.55. The summed E-state index contributed by atoms with van der Waals surface area (Å²) in [5.41, 5.74) is 2.81. The SMILES string of the molecule is O=C(COC(=O)/C=C/c1ccc(Cl)c([N+](=O)[O-])c1)Nc1ccccc1Cc1ccccc1. The first-order valence-corrected chi connectivity index (χ1v) is 10.0. The van der Waals surface area contributed by atoms with Crippen molar-refractivity contribution in [2.75, 3.05) is 11.9 Å². The van der Waals surface area contributed by atoms with Crippen LogP contribution in [0.25, 0.3) is 6.08 Å². The molecule has 32 heavy (non-hydrogen) atoms. The molecule has 0 saturated carbocycles. The number of benzene rings is 3. The average Bonchev–Trinajstić information content (AvgIpc) is 2.79. The second-order valence-corrected chi connectivity index (χ2v) is 7.18. The quantitative estimate of drug-likeness (QED) is 0.224. The van der Waals surface area contributed by atoms with Crippen molar-refractivity contribution in [3.05, 3.63) is 111 Å². The number of esters is 1. The molecule has 162 valence electrons. The molecular weight excluding hydrogens is 432 g/mol. The van der Waals surface area contributed by atoms with Crippen LogP contribution >= 0.6 is 11.6 Å². The van der Waals surface area contributed by atoms with Gasteiger partial charge in [0.15, 0.2) is 6.61 Å². The summed E-state index contributed by atoms with van der Waals surface area (Å²) in [7, 11) is 0. The molecule has 0 aliphatic carbocycles. The van der Waals surface area contributed by atoms with Crippen molar-refractivity contribution < 1.29 is 19.2 Å². The molecule has 0 saturated heterocycles. The molecule has 3 aromatic rings. The van der Waals surface area contributed by atoms with Crippen molar-refractivity contribution in [1.29, 1.82) is 0 Å². The van der Waals surface area contributed by atoms with Crippen molar-refractivity contribution in [3.8, 4) is 0 Å². The zero-order valence-electron chi connectivity index (χ0n) is 16.9. The fourth-order valence-corrected chi connectivity index (χ4v) is 3.11. The average molecular weight is 451 g/mol. The van der Waals surface area contributed by atoms with E-state index in [4.69, 9.17) is 16.3 Å². The van der Waals surface area contributed by atoms with Crippen LogP contribution in [0.5, 0.6) is 0 Å². The summed E-state index contributed by atoms with van der Waals surface area (Å²) < 4.78 is 4.96. The third kappa shape index (κ3) is 6.52. The standard InChI is InChI=1S/C24H19ClN2O5/c25-20-12-10-18(15-22(20)27(30)31)11-13-24(29)32-16-23(28)26-21-9-5-4-8-19(21)14-17-6-2-1-3-7-17/h1-13,15H,14,16H2,(H,26,28)/b13-11+. The number of anilines is 1. The summed E-state index contributed by atoms with van der Waals surface area (Å²) >= 11 is 5.76. The molecule has 0 spiro atoms. The van der Waals surface area contributed by atoms with Crippen LogP contribution in [-0.2, 0) is 20.7 Å². The normalized spacial score (nSPS) is 10.7. The van der Waals surface area contributed by atoms with Gasteiger partial charge in [-0.15, -0.1) is 0 Å². The first kappa shape index (κ1) is 22.7. The Morgan fingerprint density at radius 2 is 1.75 bits per heavy atom. The Morgan fingerprint density at radius 1 is 1.03 bits per heavy atom. The molecular formula is C24H19ClN2O5. The molecule has 0 aliphatic rings. The molecule has 0 unspecified atom stereocenters. The molecule has 3 aromatic carbocycles.